The van der Waals surface area contributed by atoms with Gasteiger partial charge in [0.25, 0.3) is 0 Å². The normalized spacial score (nSPS) is 12.2. The van der Waals surface area contributed by atoms with Gasteiger partial charge in [-0.3, -0.25) is 0 Å². The molecule has 1 heterocycles. The third kappa shape index (κ3) is 1.92. The Balaban J connectivity index is 2.69. The number of hydrogen-bond acceptors (Lipinski definition) is 7. The predicted molar refractivity (Wildman–Crippen MR) is 65.4 cm³/mol. The van der Waals surface area contributed by atoms with Gasteiger partial charge in [0, 0.05) is 21.1 Å². The molecule has 0 saturated heterocycles. The van der Waals surface area contributed by atoms with Crippen molar-refractivity contribution in [1.82, 2.24) is 20.0 Å². The van der Waals surface area contributed by atoms with Gasteiger partial charge in [-0.15, -0.1) is 0 Å². The minimum absolute atomic E-state index is 0.0606. The molecular weight excluding hydrogens is 258 g/mol. The first kappa shape index (κ1) is 12.7. The largest absolute Gasteiger partial charge is 0.320 e. The average Bonchev–Trinajstić information content (AvgIpc) is 2.78. The van der Waals surface area contributed by atoms with E-state index < -0.39 is 10.0 Å². The van der Waals surface area contributed by atoms with Crippen LogP contribution in [0, 0.1) is 0 Å². The molecule has 0 amide bonds. The highest BCUT2D eigenvalue weighted by atomic mass is 32.2. The second-order valence-corrected chi connectivity index (χ2v) is 5.86. The van der Waals surface area contributed by atoms with Gasteiger partial charge in [0.05, 0.1) is 5.69 Å². The zero-order valence-electron chi connectivity index (χ0n) is 10.1. The summed E-state index contributed by atoms with van der Waals surface area (Å²) >= 11 is 0. The van der Waals surface area contributed by atoms with E-state index >= 15 is 0 Å². The Hall–Kier alpha value is -1.71. The number of hydrogen-bond donors (Lipinski definition) is 2. The van der Waals surface area contributed by atoms with E-state index in [0.29, 0.717) is 11.2 Å². The molecule has 0 aliphatic heterocycles. The van der Waals surface area contributed by atoms with E-state index in [9.17, 15) is 8.42 Å². The quantitative estimate of drug-likeness (QED) is 0.756. The van der Waals surface area contributed by atoms with E-state index in [-0.39, 0.29) is 10.4 Å². The van der Waals surface area contributed by atoms with Crippen molar-refractivity contribution in [3.05, 3.63) is 12.1 Å². The van der Waals surface area contributed by atoms with Crippen molar-refractivity contribution in [3.63, 3.8) is 0 Å². The van der Waals surface area contributed by atoms with E-state index in [1.807, 2.05) is 0 Å². The maximum Gasteiger partial charge on any atom is 0.244 e. The zero-order valence-corrected chi connectivity index (χ0v) is 10.9. The molecule has 0 fully saturated rings. The SMILES string of the molecule is CNNc1ccc(S(=O)(=O)N(C)C)c2nonc12. The van der Waals surface area contributed by atoms with Crippen LogP contribution in [0.3, 0.4) is 0 Å². The molecule has 1 aromatic heterocycles. The Morgan fingerprint density at radius 3 is 2.50 bits per heavy atom. The Morgan fingerprint density at radius 1 is 1.22 bits per heavy atom. The molecule has 0 aliphatic rings. The Morgan fingerprint density at radius 2 is 1.89 bits per heavy atom. The first-order chi connectivity index (χ1) is 8.48. The molecule has 0 atom stereocenters. The van der Waals surface area contributed by atoms with Crippen LogP contribution in [0.5, 0.6) is 0 Å². The van der Waals surface area contributed by atoms with Crippen LogP contribution in [0.2, 0.25) is 0 Å². The monoisotopic (exact) mass is 271 g/mol. The lowest BCUT2D eigenvalue weighted by atomic mass is 10.3. The number of rotatable bonds is 4. The molecule has 0 unspecified atom stereocenters. The topological polar surface area (TPSA) is 100 Å². The summed E-state index contributed by atoms with van der Waals surface area (Å²) < 4.78 is 29.9. The lowest BCUT2D eigenvalue weighted by Gasteiger charge is -2.12. The lowest BCUT2D eigenvalue weighted by molar-refractivity contribution is 0.315. The van der Waals surface area contributed by atoms with Crippen molar-refractivity contribution in [2.45, 2.75) is 4.90 Å². The van der Waals surface area contributed by atoms with Crippen LogP contribution in [0.25, 0.3) is 11.0 Å². The summed E-state index contributed by atoms with van der Waals surface area (Å²) in [5.41, 5.74) is 6.69. The molecule has 2 rings (SSSR count). The van der Waals surface area contributed by atoms with Crippen molar-refractivity contribution in [2.24, 2.45) is 0 Å². The number of fused-ring (bicyclic) bond motifs is 1. The van der Waals surface area contributed by atoms with Gasteiger partial charge in [-0.25, -0.2) is 22.8 Å². The maximum absolute atomic E-state index is 12.1. The highest BCUT2D eigenvalue weighted by Crippen LogP contribution is 2.27. The molecule has 0 aliphatic carbocycles. The van der Waals surface area contributed by atoms with Gasteiger partial charge < -0.3 is 5.43 Å². The summed E-state index contributed by atoms with van der Waals surface area (Å²) in [6.45, 7) is 0. The summed E-state index contributed by atoms with van der Waals surface area (Å²) in [5.74, 6) is 0. The molecule has 0 saturated carbocycles. The standard InChI is InChI=1S/C9H13N5O3S/c1-10-11-6-4-5-7(18(15,16)14(2)3)9-8(6)12-17-13-9/h4-5,10-11H,1-3H3. The fourth-order valence-corrected chi connectivity index (χ4v) is 2.50. The van der Waals surface area contributed by atoms with E-state index in [0.717, 1.165) is 4.31 Å². The van der Waals surface area contributed by atoms with Gasteiger partial charge in [0.1, 0.15) is 4.90 Å². The first-order valence-electron chi connectivity index (χ1n) is 5.09. The minimum Gasteiger partial charge on any atom is -0.320 e. The van der Waals surface area contributed by atoms with Crippen LogP contribution in [0.1, 0.15) is 0 Å². The zero-order chi connectivity index (χ0) is 13.3. The van der Waals surface area contributed by atoms with Gasteiger partial charge in [-0.2, -0.15) is 0 Å². The Labute approximate surface area is 104 Å². The third-order valence-electron chi connectivity index (χ3n) is 2.40. The number of nitrogens with zero attached hydrogens (tertiary/aromatic N) is 3. The predicted octanol–water partition coefficient (Wildman–Crippen LogP) is 0.0194. The van der Waals surface area contributed by atoms with Crippen molar-refractivity contribution in [3.8, 4) is 0 Å². The summed E-state index contributed by atoms with van der Waals surface area (Å²) in [6, 6.07) is 3.06. The molecule has 1 aromatic carbocycles. The summed E-state index contributed by atoms with van der Waals surface area (Å²) in [4.78, 5) is 0.0606. The highest BCUT2D eigenvalue weighted by Gasteiger charge is 2.24. The van der Waals surface area contributed by atoms with Gasteiger partial charge in [-0.1, -0.05) is 0 Å². The van der Waals surface area contributed by atoms with E-state index in [1.54, 1.807) is 13.1 Å². The van der Waals surface area contributed by atoms with Gasteiger partial charge in [0.15, 0.2) is 11.0 Å². The second kappa shape index (κ2) is 4.52. The van der Waals surface area contributed by atoms with Gasteiger partial charge >= 0.3 is 0 Å². The fraction of sp³-hybridized carbons (Fsp3) is 0.333. The molecule has 2 N–H and O–H groups in total. The minimum atomic E-state index is -3.58. The van der Waals surface area contributed by atoms with Crippen LogP contribution in [0.4, 0.5) is 5.69 Å². The molecule has 2 aromatic rings. The third-order valence-corrected chi connectivity index (χ3v) is 4.24. The van der Waals surface area contributed by atoms with Crippen LogP contribution >= 0.6 is 0 Å². The summed E-state index contributed by atoms with van der Waals surface area (Å²) in [6.07, 6.45) is 0. The fourth-order valence-electron chi connectivity index (χ4n) is 1.48. The van der Waals surface area contributed by atoms with Crippen LogP contribution < -0.4 is 10.9 Å². The molecule has 18 heavy (non-hydrogen) atoms. The number of aromatic nitrogens is 2. The van der Waals surface area contributed by atoms with E-state index in [2.05, 4.69) is 25.8 Å². The number of hydrazine groups is 1. The number of benzene rings is 1. The number of sulfonamides is 1. The van der Waals surface area contributed by atoms with Crippen molar-refractivity contribution in [1.29, 1.82) is 0 Å². The number of nitrogens with one attached hydrogen (secondary N) is 2. The van der Waals surface area contributed by atoms with E-state index in [4.69, 9.17) is 0 Å². The molecule has 0 bridgehead atoms. The molecular formula is C9H13N5O3S. The Kier molecular flexibility index (Phi) is 3.20. The first-order valence-corrected chi connectivity index (χ1v) is 6.53. The van der Waals surface area contributed by atoms with Gasteiger partial charge in [-0.05, 0) is 22.4 Å². The number of anilines is 1. The smallest absolute Gasteiger partial charge is 0.244 e. The molecule has 98 valence electrons. The molecule has 0 radical (unpaired) electrons. The molecule has 0 spiro atoms. The Bertz CT molecular complexity index is 664. The summed E-state index contributed by atoms with van der Waals surface area (Å²) in [7, 11) is 1.01. The lowest BCUT2D eigenvalue weighted by Crippen LogP contribution is -2.23. The molecule has 8 nitrogen and oxygen atoms in total. The van der Waals surface area contributed by atoms with Crippen LogP contribution in [-0.2, 0) is 10.0 Å². The van der Waals surface area contributed by atoms with E-state index in [1.165, 1.54) is 20.2 Å². The average molecular weight is 271 g/mol. The van der Waals surface area contributed by atoms with Crippen molar-refractivity contribution >= 4 is 26.7 Å². The second-order valence-electron chi connectivity index (χ2n) is 3.74. The maximum atomic E-state index is 12.1. The highest BCUT2D eigenvalue weighted by molar-refractivity contribution is 7.89. The van der Waals surface area contributed by atoms with Gasteiger partial charge in [0.2, 0.25) is 10.0 Å². The van der Waals surface area contributed by atoms with Crippen molar-refractivity contribution < 1.29 is 13.0 Å². The van der Waals surface area contributed by atoms with Crippen molar-refractivity contribution in [2.75, 3.05) is 26.6 Å². The van der Waals surface area contributed by atoms with Crippen LogP contribution in [0.15, 0.2) is 21.7 Å². The molecule has 9 heteroatoms. The van der Waals surface area contributed by atoms with Crippen LogP contribution in [-0.4, -0.2) is 44.2 Å². The summed E-state index contributed by atoms with van der Waals surface area (Å²) in [5, 5.41) is 7.35.